The number of aromatic nitrogens is 1. The van der Waals surface area contributed by atoms with Gasteiger partial charge in [-0.1, -0.05) is 0 Å². The van der Waals surface area contributed by atoms with Gasteiger partial charge in [0.15, 0.2) is 0 Å². The highest BCUT2D eigenvalue weighted by Crippen LogP contribution is 2.18. The Bertz CT molecular complexity index is 391. The number of aliphatic carboxylic acids is 1. The zero-order valence-electron chi connectivity index (χ0n) is 8.63. The Morgan fingerprint density at radius 3 is 3.06 bits per heavy atom. The molecule has 2 heterocycles. The second kappa shape index (κ2) is 4.61. The minimum Gasteiger partial charge on any atom is -0.480 e. The van der Waals surface area contributed by atoms with Crippen molar-refractivity contribution in [2.24, 2.45) is 0 Å². The monoisotopic (exact) mass is 240 g/mol. The molecule has 5 nitrogen and oxygen atoms in total. The van der Waals surface area contributed by atoms with Crippen molar-refractivity contribution in [2.75, 3.05) is 6.54 Å². The molecule has 1 aromatic heterocycles. The molecule has 1 aromatic rings. The standard InChI is InChI=1S/C10H12N2O3S/c13-9(4-7-5-16-6-11-7)12-3-1-2-8(12)10(14)15/h5-6,8H,1-4H2,(H,14,15)/t8-/m0/s1. The van der Waals surface area contributed by atoms with Gasteiger partial charge < -0.3 is 10.0 Å². The molecule has 0 bridgehead atoms. The molecule has 1 aliphatic heterocycles. The summed E-state index contributed by atoms with van der Waals surface area (Å²) in [5.41, 5.74) is 2.38. The molecule has 0 aliphatic carbocycles. The lowest BCUT2D eigenvalue weighted by Crippen LogP contribution is -2.41. The maximum Gasteiger partial charge on any atom is 0.326 e. The Labute approximate surface area is 96.7 Å². The molecule has 0 aromatic carbocycles. The van der Waals surface area contributed by atoms with Gasteiger partial charge in [-0.05, 0) is 12.8 Å². The summed E-state index contributed by atoms with van der Waals surface area (Å²) in [6, 6.07) is -0.647. The SMILES string of the molecule is O=C(O)[C@@H]1CCCN1C(=O)Cc1cscn1. The van der Waals surface area contributed by atoms with Crippen molar-refractivity contribution in [3.63, 3.8) is 0 Å². The van der Waals surface area contributed by atoms with Gasteiger partial charge in [0, 0.05) is 11.9 Å². The van der Waals surface area contributed by atoms with Gasteiger partial charge >= 0.3 is 5.97 Å². The molecule has 6 heteroatoms. The number of carbonyl (C=O) groups is 2. The van der Waals surface area contributed by atoms with Crippen molar-refractivity contribution < 1.29 is 14.7 Å². The van der Waals surface area contributed by atoms with Gasteiger partial charge in [0.25, 0.3) is 0 Å². The van der Waals surface area contributed by atoms with Crippen LogP contribution in [-0.2, 0) is 16.0 Å². The number of carboxylic acid groups (broad SMARTS) is 1. The van der Waals surface area contributed by atoms with Crippen LogP contribution in [0.25, 0.3) is 0 Å². The van der Waals surface area contributed by atoms with E-state index in [2.05, 4.69) is 4.98 Å². The van der Waals surface area contributed by atoms with E-state index in [-0.39, 0.29) is 12.3 Å². The number of hydrogen-bond acceptors (Lipinski definition) is 4. The molecule has 16 heavy (non-hydrogen) atoms. The van der Waals surface area contributed by atoms with E-state index in [1.165, 1.54) is 16.2 Å². The third-order valence-corrected chi connectivity index (χ3v) is 3.31. The number of carboxylic acids is 1. The molecule has 1 aliphatic rings. The zero-order valence-corrected chi connectivity index (χ0v) is 9.44. The first-order valence-corrected chi connectivity index (χ1v) is 6.02. The van der Waals surface area contributed by atoms with E-state index in [0.717, 1.165) is 6.42 Å². The van der Waals surface area contributed by atoms with E-state index in [4.69, 9.17) is 5.11 Å². The van der Waals surface area contributed by atoms with Crippen LogP contribution in [0.3, 0.4) is 0 Å². The van der Waals surface area contributed by atoms with Gasteiger partial charge in [-0.25, -0.2) is 9.78 Å². The molecule has 1 saturated heterocycles. The highest BCUT2D eigenvalue weighted by Gasteiger charge is 2.33. The third kappa shape index (κ3) is 2.21. The maximum atomic E-state index is 11.9. The molecule has 0 spiro atoms. The van der Waals surface area contributed by atoms with Crippen LogP contribution in [-0.4, -0.2) is 39.5 Å². The van der Waals surface area contributed by atoms with Crippen LogP contribution in [0.1, 0.15) is 18.5 Å². The van der Waals surface area contributed by atoms with Gasteiger partial charge in [-0.3, -0.25) is 4.79 Å². The minimum atomic E-state index is -0.913. The number of likely N-dealkylation sites (tertiary alicyclic amines) is 1. The second-order valence-electron chi connectivity index (χ2n) is 3.74. The lowest BCUT2D eigenvalue weighted by molar-refractivity contribution is -0.148. The highest BCUT2D eigenvalue weighted by atomic mass is 32.1. The van der Waals surface area contributed by atoms with E-state index in [1.54, 1.807) is 5.51 Å². The number of rotatable bonds is 3. The van der Waals surface area contributed by atoms with Crippen LogP contribution in [0.15, 0.2) is 10.9 Å². The van der Waals surface area contributed by atoms with Gasteiger partial charge in [0.05, 0.1) is 17.6 Å². The molecule has 2 rings (SSSR count). The second-order valence-corrected chi connectivity index (χ2v) is 4.46. The average Bonchev–Trinajstić information content (AvgIpc) is 2.86. The Hall–Kier alpha value is -1.43. The molecule has 0 saturated carbocycles. The molecule has 1 atom stereocenters. The van der Waals surface area contributed by atoms with Crippen molar-refractivity contribution in [3.8, 4) is 0 Å². The predicted octanol–water partition coefficient (Wildman–Crippen LogP) is 0.761. The van der Waals surface area contributed by atoms with Crippen LogP contribution in [0, 0.1) is 0 Å². The summed E-state index contributed by atoms with van der Waals surface area (Å²) < 4.78 is 0. The number of nitrogens with zero attached hydrogens (tertiary/aromatic N) is 2. The Kier molecular flexibility index (Phi) is 3.19. The van der Waals surface area contributed by atoms with E-state index >= 15 is 0 Å². The minimum absolute atomic E-state index is 0.143. The fourth-order valence-corrected chi connectivity index (χ4v) is 2.46. The largest absolute Gasteiger partial charge is 0.480 e. The summed E-state index contributed by atoms with van der Waals surface area (Å²) in [5, 5.41) is 10.8. The van der Waals surface area contributed by atoms with Crippen LogP contribution < -0.4 is 0 Å². The Morgan fingerprint density at radius 2 is 2.44 bits per heavy atom. The zero-order chi connectivity index (χ0) is 11.5. The van der Waals surface area contributed by atoms with Crippen molar-refractivity contribution in [2.45, 2.75) is 25.3 Å². The van der Waals surface area contributed by atoms with Crippen molar-refractivity contribution in [3.05, 3.63) is 16.6 Å². The summed E-state index contributed by atoms with van der Waals surface area (Å²) in [7, 11) is 0. The topological polar surface area (TPSA) is 70.5 Å². The smallest absolute Gasteiger partial charge is 0.326 e. The van der Waals surface area contributed by atoms with Gasteiger partial charge in [0.1, 0.15) is 6.04 Å². The third-order valence-electron chi connectivity index (χ3n) is 2.67. The van der Waals surface area contributed by atoms with E-state index in [1.807, 2.05) is 5.38 Å². The molecule has 86 valence electrons. The van der Waals surface area contributed by atoms with E-state index < -0.39 is 12.0 Å². The van der Waals surface area contributed by atoms with Crippen LogP contribution in [0.5, 0.6) is 0 Å². The molecule has 1 fully saturated rings. The van der Waals surface area contributed by atoms with Crippen molar-refractivity contribution in [1.29, 1.82) is 0 Å². The molecule has 0 unspecified atom stereocenters. The quantitative estimate of drug-likeness (QED) is 0.846. The summed E-state index contributed by atoms with van der Waals surface area (Å²) in [6.07, 6.45) is 1.52. The molecule has 1 N–H and O–H groups in total. The first kappa shape index (κ1) is 11.1. The van der Waals surface area contributed by atoms with Gasteiger partial charge in [-0.2, -0.15) is 0 Å². The van der Waals surface area contributed by atoms with Crippen molar-refractivity contribution >= 4 is 23.2 Å². The predicted molar refractivity (Wildman–Crippen MR) is 58.2 cm³/mol. The average molecular weight is 240 g/mol. The van der Waals surface area contributed by atoms with Gasteiger partial charge in [0.2, 0.25) is 5.91 Å². The maximum absolute atomic E-state index is 11.9. The number of carbonyl (C=O) groups excluding carboxylic acids is 1. The number of thiazole rings is 1. The van der Waals surface area contributed by atoms with E-state index in [0.29, 0.717) is 18.7 Å². The normalized spacial score (nSPS) is 20.0. The highest BCUT2D eigenvalue weighted by molar-refractivity contribution is 7.07. The Morgan fingerprint density at radius 1 is 1.62 bits per heavy atom. The van der Waals surface area contributed by atoms with Gasteiger partial charge in [-0.15, -0.1) is 11.3 Å². The van der Waals surface area contributed by atoms with E-state index in [9.17, 15) is 9.59 Å². The lowest BCUT2D eigenvalue weighted by Gasteiger charge is -2.20. The summed E-state index contributed by atoms with van der Waals surface area (Å²) >= 11 is 1.43. The van der Waals surface area contributed by atoms with Crippen molar-refractivity contribution in [1.82, 2.24) is 9.88 Å². The first-order valence-electron chi connectivity index (χ1n) is 5.08. The lowest BCUT2D eigenvalue weighted by atomic mass is 10.2. The molecule has 1 amide bonds. The fourth-order valence-electron chi connectivity index (χ4n) is 1.90. The fraction of sp³-hybridized carbons (Fsp3) is 0.500. The van der Waals surface area contributed by atoms with Crippen LogP contribution >= 0.6 is 11.3 Å². The summed E-state index contributed by atoms with van der Waals surface area (Å²) in [5.74, 6) is -1.06. The molecular formula is C10H12N2O3S. The molecular weight excluding hydrogens is 228 g/mol. The van der Waals surface area contributed by atoms with Crippen LogP contribution in [0.2, 0.25) is 0 Å². The summed E-state index contributed by atoms with van der Waals surface area (Å²) in [4.78, 5) is 28.2. The molecule has 0 radical (unpaired) electrons. The number of hydrogen-bond donors (Lipinski definition) is 1. The number of amides is 1. The summed E-state index contributed by atoms with van der Waals surface area (Å²) in [6.45, 7) is 0.542. The van der Waals surface area contributed by atoms with Crippen LogP contribution in [0.4, 0.5) is 0 Å². The first-order chi connectivity index (χ1) is 7.68. The Balaban J connectivity index is 2.01.